The van der Waals surface area contributed by atoms with E-state index in [2.05, 4.69) is 17.6 Å². The van der Waals surface area contributed by atoms with Gasteiger partial charge in [0.2, 0.25) is 0 Å². The molecule has 1 radical (unpaired) electrons. The molecule has 0 aromatic carbocycles. The molecule has 1 rings (SSSR count). The van der Waals surface area contributed by atoms with Gasteiger partial charge in [0.1, 0.15) is 0 Å². The van der Waals surface area contributed by atoms with Crippen LogP contribution in [0.4, 0.5) is 0 Å². The van der Waals surface area contributed by atoms with Crippen molar-refractivity contribution in [1.82, 2.24) is 10.6 Å². The van der Waals surface area contributed by atoms with E-state index in [4.69, 9.17) is 0 Å². The van der Waals surface area contributed by atoms with E-state index in [0.717, 1.165) is 19.6 Å². The average molecular weight is 113 g/mol. The van der Waals surface area contributed by atoms with Gasteiger partial charge in [0.25, 0.3) is 0 Å². The molecular weight excluding hydrogens is 100 g/mol. The summed E-state index contributed by atoms with van der Waals surface area (Å²) in [5.41, 5.74) is 0. The molecule has 2 nitrogen and oxygen atoms in total. The summed E-state index contributed by atoms with van der Waals surface area (Å²) in [5, 5.41) is 7.68. The summed E-state index contributed by atoms with van der Waals surface area (Å²) in [7, 11) is 0. The molecule has 1 atom stereocenters. The van der Waals surface area contributed by atoms with Crippen LogP contribution in [0.25, 0.3) is 0 Å². The molecule has 1 saturated heterocycles. The van der Waals surface area contributed by atoms with Crippen molar-refractivity contribution in [3.05, 3.63) is 0 Å². The van der Waals surface area contributed by atoms with E-state index >= 15 is 0 Å². The van der Waals surface area contributed by atoms with Crippen LogP contribution in [-0.4, -0.2) is 25.7 Å². The molecule has 0 saturated carbocycles. The Labute approximate surface area is 50.7 Å². The van der Waals surface area contributed by atoms with Crippen molar-refractivity contribution < 1.29 is 0 Å². The Balaban J connectivity index is 2.13. The first kappa shape index (κ1) is 6.05. The maximum atomic E-state index is 4.39. The van der Waals surface area contributed by atoms with Crippen LogP contribution in [0.3, 0.4) is 0 Å². The van der Waals surface area contributed by atoms with Crippen LogP contribution in [0, 0.1) is 0 Å². The predicted molar refractivity (Wildman–Crippen MR) is 33.9 cm³/mol. The van der Waals surface area contributed by atoms with E-state index in [1.54, 1.807) is 0 Å². The van der Waals surface area contributed by atoms with Crippen molar-refractivity contribution in [2.75, 3.05) is 19.6 Å². The highest BCUT2D eigenvalue weighted by Gasteiger charge is 2.09. The van der Waals surface area contributed by atoms with E-state index in [1.165, 1.54) is 6.42 Å². The molecule has 2 heteroatoms. The standard InChI is InChI=1S/C6H13N2/c1-2-6-5-7-3-4-8-6/h6-7H,2-5H2,1H3. The maximum Gasteiger partial charge on any atom is 0.0368 e. The molecule has 0 bridgehead atoms. The smallest absolute Gasteiger partial charge is 0.0368 e. The predicted octanol–water partition coefficient (Wildman–Crippen LogP) is -0.0274. The molecule has 47 valence electrons. The largest absolute Gasteiger partial charge is 0.314 e. The van der Waals surface area contributed by atoms with Gasteiger partial charge < -0.3 is 5.32 Å². The average Bonchev–Trinajstić information content (AvgIpc) is 1.90. The molecule has 0 aliphatic carbocycles. The van der Waals surface area contributed by atoms with E-state index < -0.39 is 0 Å². The summed E-state index contributed by atoms with van der Waals surface area (Å²) < 4.78 is 0. The highest BCUT2D eigenvalue weighted by atomic mass is 15.0. The molecule has 0 spiro atoms. The Morgan fingerprint density at radius 1 is 1.75 bits per heavy atom. The van der Waals surface area contributed by atoms with E-state index in [9.17, 15) is 0 Å². The minimum Gasteiger partial charge on any atom is -0.314 e. The zero-order valence-corrected chi connectivity index (χ0v) is 5.35. The number of nitrogens with one attached hydrogen (secondary N) is 1. The Hall–Kier alpha value is -0.0800. The summed E-state index contributed by atoms with van der Waals surface area (Å²) in [4.78, 5) is 0. The van der Waals surface area contributed by atoms with Crippen LogP contribution in [0.5, 0.6) is 0 Å². The zero-order valence-electron chi connectivity index (χ0n) is 5.35. The van der Waals surface area contributed by atoms with Crippen molar-refractivity contribution in [2.45, 2.75) is 19.4 Å². The second kappa shape index (κ2) is 3.05. The molecular formula is C6H13N2. The van der Waals surface area contributed by atoms with Gasteiger partial charge in [-0.3, -0.25) is 0 Å². The molecule has 1 heterocycles. The Morgan fingerprint density at radius 2 is 2.62 bits per heavy atom. The lowest BCUT2D eigenvalue weighted by Crippen LogP contribution is -2.43. The van der Waals surface area contributed by atoms with Gasteiger partial charge in [-0.25, -0.2) is 5.32 Å². The van der Waals surface area contributed by atoms with Crippen molar-refractivity contribution in [3.8, 4) is 0 Å². The quantitative estimate of drug-likeness (QED) is 0.508. The Morgan fingerprint density at radius 3 is 3.00 bits per heavy atom. The fraction of sp³-hybridized carbons (Fsp3) is 1.00. The van der Waals surface area contributed by atoms with Gasteiger partial charge in [-0.2, -0.15) is 0 Å². The molecule has 1 unspecified atom stereocenters. The summed E-state index contributed by atoms with van der Waals surface area (Å²) >= 11 is 0. The fourth-order valence-corrected chi connectivity index (χ4v) is 0.933. The van der Waals surface area contributed by atoms with Gasteiger partial charge in [0.15, 0.2) is 0 Å². The summed E-state index contributed by atoms with van der Waals surface area (Å²) in [6.45, 7) is 5.37. The third-order valence-electron chi connectivity index (χ3n) is 1.53. The van der Waals surface area contributed by atoms with E-state index in [0.29, 0.717) is 6.04 Å². The second-order valence-corrected chi connectivity index (χ2v) is 2.17. The maximum absolute atomic E-state index is 4.39. The molecule has 0 aromatic heterocycles. The molecule has 1 fully saturated rings. The molecule has 0 amide bonds. The summed E-state index contributed by atoms with van der Waals surface area (Å²) in [5.74, 6) is 0. The third kappa shape index (κ3) is 1.46. The van der Waals surface area contributed by atoms with Crippen LogP contribution in [-0.2, 0) is 0 Å². The van der Waals surface area contributed by atoms with Crippen molar-refractivity contribution in [3.63, 3.8) is 0 Å². The lowest BCUT2D eigenvalue weighted by Gasteiger charge is -2.20. The second-order valence-electron chi connectivity index (χ2n) is 2.17. The van der Waals surface area contributed by atoms with Gasteiger partial charge in [0, 0.05) is 25.7 Å². The number of rotatable bonds is 1. The van der Waals surface area contributed by atoms with Crippen LogP contribution in [0.1, 0.15) is 13.3 Å². The van der Waals surface area contributed by atoms with Crippen LogP contribution in [0.2, 0.25) is 0 Å². The SMILES string of the molecule is CCC1CNCC[N]1. The normalized spacial score (nSPS) is 30.4. The van der Waals surface area contributed by atoms with Gasteiger partial charge in [-0.1, -0.05) is 6.92 Å². The van der Waals surface area contributed by atoms with Crippen LogP contribution < -0.4 is 10.6 Å². The van der Waals surface area contributed by atoms with E-state index in [1.807, 2.05) is 0 Å². The minimum atomic E-state index is 0.601. The van der Waals surface area contributed by atoms with Crippen LogP contribution >= 0.6 is 0 Å². The van der Waals surface area contributed by atoms with Crippen molar-refractivity contribution in [2.24, 2.45) is 0 Å². The number of hydrogen-bond acceptors (Lipinski definition) is 1. The van der Waals surface area contributed by atoms with Gasteiger partial charge in [-0.05, 0) is 6.42 Å². The third-order valence-corrected chi connectivity index (χ3v) is 1.53. The summed E-state index contributed by atoms with van der Waals surface area (Å²) in [6, 6.07) is 0.601. The van der Waals surface area contributed by atoms with Gasteiger partial charge in [-0.15, -0.1) is 0 Å². The molecule has 1 aliphatic heterocycles. The topological polar surface area (TPSA) is 26.1 Å². The van der Waals surface area contributed by atoms with Gasteiger partial charge in [0.05, 0.1) is 0 Å². The monoisotopic (exact) mass is 113 g/mol. The van der Waals surface area contributed by atoms with Crippen LogP contribution in [0.15, 0.2) is 0 Å². The first-order chi connectivity index (χ1) is 3.93. The number of hydrogen-bond donors (Lipinski definition) is 1. The molecule has 8 heavy (non-hydrogen) atoms. The Kier molecular flexibility index (Phi) is 2.30. The van der Waals surface area contributed by atoms with E-state index in [-0.39, 0.29) is 0 Å². The lowest BCUT2D eigenvalue weighted by atomic mass is 10.2. The number of nitrogens with zero attached hydrogens (tertiary/aromatic N) is 1. The highest BCUT2D eigenvalue weighted by molar-refractivity contribution is 4.72. The van der Waals surface area contributed by atoms with Crippen molar-refractivity contribution >= 4 is 0 Å². The first-order valence-electron chi connectivity index (χ1n) is 3.31. The zero-order chi connectivity index (χ0) is 5.82. The molecule has 0 aromatic rings. The molecule has 1 N–H and O–H groups in total. The van der Waals surface area contributed by atoms with Gasteiger partial charge >= 0.3 is 0 Å². The number of piperazine rings is 1. The first-order valence-corrected chi connectivity index (χ1v) is 3.31. The Bertz CT molecular complexity index is 57.5. The highest BCUT2D eigenvalue weighted by Crippen LogP contribution is 1.92. The molecule has 1 aliphatic rings. The summed E-state index contributed by atoms with van der Waals surface area (Å²) in [6.07, 6.45) is 1.19. The van der Waals surface area contributed by atoms with Crippen molar-refractivity contribution in [1.29, 1.82) is 0 Å². The minimum absolute atomic E-state index is 0.601. The lowest BCUT2D eigenvalue weighted by molar-refractivity contribution is 0.402. The fourth-order valence-electron chi connectivity index (χ4n) is 0.933.